The first-order valence-electron chi connectivity index (χ1n) is 8.11. The lowest BCUT2D eigenvalue weighted by Crippen LogP contribution is -2.40. The minimum Gasteiger partial charge on any atom is -0.492 e. The fourth-order valence-electron chi connectivity index (χ4n) is 2.50. The van der Waals surface area contributed by atoms with Crippen LogP contribution in [0.4, 0.5) is 0 Å². The van der Waals surface area contributed by atoms with Gasteiger partial charge in [-0.2, -0.15) is 4.31 Å². The predicted octanol–water partition coefficient (Wildman–Crippen LogP) is 1.65. The Kier molecular flexibility index (Phi) is 7.06. The highest BCUT2D eigenvalue weighted by atomic mass is 35.5. The smallest absolute Gasteiger partial charge is 0.247 e. The highest BCUT2D eigenvalue weighted by Gasteiger charge is 2.27. The van der Waals surface area contributed by atoms with Crippen molar-refractivity contribution in [1.82, 2.24) is 9.62 Å². The number of amides is 1. The Morgan fingerprint density at radius 3 is 2.88 bits per heavy atom. The zero-order chi connectivity index (χ0) is 18.4. The monoisotopic (exact) mass is 390 g/mol. The summed E-state index contributed by atoms with van der Waals surface area (Å²) in [5.74, 6) is -0.180. The van der Waals surface area contributed by atoms with Gasteiger partial charge in [0.15, 0.2) is 0 Å². The van der Waals surface area contributed by atoms with Crippen molar-refractivity contribution in [3.05, 3.63) is 23.2 Å². The topological polar surface area (TPSA) is 84.9 Å². The second kappa shape index (κ2) is 8.84. The molecule has 0 bridgehead atoms. The summed E-state index contributed by atoms with van der Waals surface area (Å²) in [5.41, 5.74) is 0. The molecule has 1 amide bonds. The van der Waals surface area contributed by atoms with Crippen LogP contribution < -0.4 is 10.1 Å². The molecule has 1 fully saturated rings. The number of sulfonamides is 1. The number of nitrogens with zero attached hydrogens (tertiary/aromatic N) is 1. The normalized spacial score (nSPS) is 17.7. The van der Waals surface area contributed by atoms with Gasteiger partial charge >= 0.3 is 0 Å². The number of halogens is 1. The maximum absolute atomic E-state index is 12.8. The average Bonchev–Trinajstić information content (AvgIpc) is 3.08. The van der Waals surface area contributed by atoms with Crippen LogP contribution in [-0.2, 0) is 19.6 Å². The van der Waals surface area contributed by atoms with E-state index in [0.29, 0.717) is 19.8 Å². The van der Waals surface area contributed by atoms with E-state index in [1.165, 1.54) is 19.2 Å². The van der Waals surface area contributed by atoms with Crippen LogP contribution in [0.5, 0.6) is 5.75 Å². The van der Waals surface area contributed by atoms with Gasteiger partial charge in [-0.15, -0.1) is 0 Å². The van der Waals surface area contributed by atoms with Crippen molar-refractivity contribution >= 4 is 27.5 Å². The summed E-state index contributed by atoms with van der Waals surface area (Å²) in [6, 6.07) is 4.38. The molecule has 0 spiro atoms. The third-order valence-electron chi connectivity index (χ3n) is 3.81. The molecule has 0 radical (unpaired) electrons. The molecule has 0 saturated carbocycles. The van der Waals surface area contributed by atoms with E-state index in [2.05, 4.69) is 5.32 Å². The maximum Gasteiger partial charge on any atom is 0.247 e. The van der Waals surface area contributed by atoms with Crippen molar-refractivity contribution in [3.8, 4) is 5.75 Å². The van der Waals surface area contributed by atoms with Crippen LogP contribution in [0.3, 0.4) is 0 Å². The van der Waals surface area contributed by atoms with Crippen molar-refractivity contribution in [1.29, 1.82) is 0 Å². The fraction of sp³-hybridized carbons (Fsp3) is 0.562. The fourth-order valence-corrected chi connectivity index (χ4v) is 4.02. The van der Waals surface area contributed by atoms with E-state index in [1.54, 1.807) is 13.0 Å². The van der Waals surface area contributed by atoms with Crippen LogP contribution in [0.15, 0.2) is 23.1 Å². The first kappa shape index (κ1) is 20.0. The molecule has 2 rings (SSSR count). The van der Waals surface area contributed by atoms with E-state index in [0.717, 1.165) is 17.1 Å². The van der Waals surface area contributed by atoms with Gasteiger partial charge < -0.3 is 14.8 Å². The van der Waals surface area contributed by atoms with Gasteiger partial charge in [-0.3, -0.25) is 4.79 Å². The number of benzene rings is 1. The Balaban J connectivity index is 2.05. The van der Waals surface area contributed by atoms with Crippen molar-refractivity contribution in [2.24, 2.45) is 0 Å². The number of ether oxygens (including phenoxy) is 2. The predicted molar refractivity (Wildman–Crippen MR) is 94.4 cm³/mol. The summed E-state index contributed by atoms with van der Waals surface area (Å²) in [7, 11) is -2.57. The Hall–Kier alpha value is -1.35. The number of rotatable bonds is 8. The Labute approximate surface area is 153 Å². The molecule has 0 aromatic heterocycles. The molecule has 25 heavy (non-hydrogen) atoms. The summed E-state index contributed by atoms with van der Waals surface area (Å²) < 4.78 is 37.3. The van der Waals surface area contributed by atoms with E-state index in [9.17, 15) is 13.2 Å². The van der Waals surface area contributed by atoms with Gasteiger partial charge in [-0.1, -0.05) is 11.6 Å². The molecule has 9 heteroatoms. The molecular weight excluding hydrogens is 368 g/mol. The molecule has 1 aromatic rings. The van der Waals surface area contributed by atoms with E-state index in [1.807, 2.05) is 0 Å². The van der Waals surface area contributed by atoms with Gasteiger partial charge in [-0.25, -0.2) is 8.42 Å². The Morgan fingerprint density at radius 1 is 1.48 bits per heavy atom. The van der Waals surface area contributed by atoms with Gasteiger partial charge in [0, 0.05) is 25.2 Å². The summed E-state index contributed by atoms with van der Waals surface area (Å²) >= 11 is 5.92. The maximum atomic E-state index is 12.8. The Morgan fingerprint density at radius 2 is 2.24 bits per heavy atom. The van der Waals surface area contributed by atoms with Gasteiger partial charge in [-0.05, 0) is 38.0 Å². The quantitative estimate of drug-likeness (QED) is 0.729. The number of carbonyl (C=O) groups is 1. The standard InChI is InChI=1S/C16H23ClN2O5S/c1-3-23-14-7-6-12(17)9-15(14)25(21,22)19(2)11-16(20)18-10-13-5-4-8-24-13/h6-7,9,13H,3-5,8,10-11H2,1-2H3,(H,18,20). The highest BCUT2D eigenvalue weighted by molar-refractivity contribution is 7.89. The number of hydrogen-bond donors (Lipinski definition) is 1. The van der Waals surface area contributed by atoms with Crippen molar-refractivity contribution in [3.63, 3.8) is 0 Å². The molecule has 1 heterocycles. The van der Waals surface area contributed by atoms with Crippen molar-refractivity contribution < 1.29 is 22.7 Å². The van der Waals surface area contributed by atoms with E-state index < -0.39 is 10.0 Å². The third kappa shape index (κ3) is 5.31. The largest absolute Gasteiger partial charge is 0.492 e. The number of hydrogen-bond acceptors (Lipinski definition) is 5. The zero-order valence-corrected chi connectivity index (χ0v) is 15.9. The lowest BCUT2D eigenvalue weighted by molar-refractivity contribution is -0.121. The molecule has 1 aliphatic rings. The zero-order valence-electron chi connectivity index (χ0n) is 14.3. The molecule has 1 N–H and O–H groups in total. The minimum atomic E-state index is -3.91. The molecular formula is C16H23ClN2O5S. The molecule has 1 aromatic carbocycles. The van der Waals surface area contributed by atoms with Gasteiger partial charge in [0.1, 0.15) is 10.6 Å². The second-order valence-corrected chi connectivity index (χ2v) is 8.17. The molecule has 0 aliphatic carbocycles. The van der Waals surface area contributed by atoms with Crippen LogP contribution in [0.25, 0.3) is 0 Å². The summed E-state index contributed by atoms with van der Waals surface area (Å²) in [4.78, 5) is 12.0. The SMILES string of the molecule is CCOc1ccc(Cl)cc1S(=O)(=O)N(C)CC(=O)NCC1CCCO1. The van der Waals surface area contributed by atoms with Crippen LogP contribution in [0, 0.1) is 0 Å². The lowest BCUT2D eigenvalue weighted by Gasteiger charge is -2.19. The number of likely N-dealkylation sites (N-methyl/N-ethyl adjacent to an activating group) is 1. The molecule has 1 saturated heterocycles. The van der Waals surface area contributed by atoms with Crippen LogP contribution in [0.1, 0.15) is 19.8 Å². The third-order valence-corrected chi connectivity index (χ3v) is 5.87. The summed E-state index contributed by atoms with van der Waals surface area (Å²) in [5, 5.41) is 2.98. The van der Waals surface area contributed by atoms with Crippen LogP contribution in [-0.4, -0.2) is 58.1 Å². The molecule has 1 aliphatic heterocycles. The number of nitrogens with one attached hydrogen (secondary N) is 1. The van der Waals surface area contributed by atoms with E-state index >= 15 is 0 Å². The van der Waals surface area contributed by atoms with Crippen LogP contribution >= 0.6 is 11.6 Å². The molecule has 1 unspecified atom stereocenters. The van der Waals surface area contributed by atoms with Crippen LogP contribution in [0.2, 0.25) is 5.02 Å². The average molecular weight is 391 g/mol. The number of carbonyl (C=O) groups excluding carboxylic acids is 1. The molecule has 7 nitrogen and oxygen atoms in total. The van der Waals surface area contributed by atoms with E-state index in [-0.39, 0.29) is 34.2 Å². The van der Waals surface area contributed by atoms with Gasteiger partial charge in [0.05, 0.1) is 19.3 Å². The second-order valence-electron chi connectivity index (χ2n) is 5.72. The first-order valence-corrected chi connectivity index (χ1v) is 9.93. The molecule has 140 valence electrons. The highest BCUT2D eigenvalue weighted by Crippen LogP contribution is 2.29. The summed E-state index contributed by atoms with van der Waals surface area (Å²) in [6.07, 6.45) is 1.88. The van der Waals surface area contributed by atoms with E-state index in [4.69, 9.17) is 21.1 Å². The van der Waals surface area contributed by atoms with Gasteiger partial charge in [0.2, 0.25) is 15.9 Å². The summed E-state index contributed by atoms with van der Waals surface area (Å²) in [6.45, 7) is 2.86. The van der Waals surface area contributed by atoms with Gasteiger partial charge in [0.25, 0.3) is 0 Å². The Bertz CT molecular complexity index is 704. The lowest BCUT2D eigenvalue weighted by atomic mass is 10.2. The minimum absolute atomic E-state index is 0.00310. The first-order chi connectivity index (χ1) is 11.8. The van der Waals surface area contributed by atoms with Crippen molar-refractivity contribution in [2.75, 3.05) is 33.4 Å². The van der Waals surface area contributed by atoms with Crippen molar-refractivity contribution in [2.45, 2.75) is 30.8 Å². The molecule has 1 atom stereocenters.